The minimum absolute atomic E-state index is 0.186. The zero-order chi connectivity index (χ0) is 10.1. The molecule has 0 atom stereocenters. The Morgan fingerprint density at radius 3 is 2.69 bits per heavy atom. The number of hydrogen-bond acceptors (Lipinski definition) is 2. The van der Waals surface area contributed by atoms with Gasteiger partial charge in [0.2, 0.25) is 0 Å². The average Bonchev–Trinajstić information content (AvgIpc) is 2.48. The van der Waals surface area contributed by atoms with Crippen LogP contribution in [0.3, 0.4) is 0 Å². The van der Waals surface area contributed by atoms with Crippen LogP contribution in [0.25, 0.3) is 0 Å². The lowest BCUT2D eigenvalue weighted by atomic mass is 10.2. The molecule has 0 aliphatic heterocycles. The minimum atomic E-state index is -3.34. The molecule has 0 radical (unpaired) electrons. The Labute approximate surface area is 74.4 Å². The van der Waals surface area contributed by atoms with Crippen LogP contribution in [-0.2, 0) is 6.54 Å². The highest BCUT2D eigenvalue weighted by atomic mass is 19.3. The average molecular weight is 188 g/mol. The van der Waals surface area contributed by atoms with Crippen molar-refractivity contribution in [1.29, 1.82) is 0 Å². The molecule has 3 nitrogen and oxygen atoms in total. The molecule has 72 valence electrons. The maximum absolute atomic E-state index is 12.5. The molecule has 0 saturated carbocycles. The molecular formula is C8H10F2N2O. The fourth-order valence-corrected chi connectivity index (χ4v) is 0.875. The predicted molar refractivity (Wildman–Crippen MR) is 42.9 cm³/mol. The van der Waals surface area contributed by atoms with E-state index in [0.717, 1.165) is 0 Å². The van der Waals surface area contributed by atoms with Crippen molar-refractivity contribution in [2.45, 2.75) is 26.3 Å². The van der Waals surface area contributed by atoms with Gasteiger partial charge in [-0.1, -0.05) is 0 Å². The predicted octanol–water partition coefficient (Wildman–Crippen LogP) is 1.74. The Morgan fingerprint density at radius 2 is 2.31 bits per heavy atom. The number of carbonyl (C=O) groups excluding carboxylic acids is 1. The second kappa shape index (κ2) is 3.24. The first-order valence-corrected chi connectivity index (χ1v) is 3.89. The molecule has 13 heavy (non-hydrogen) atoms. The fraction of sp³-hybridized carbons (Fsp3) is 0.500. The lowest BCUT2D eigenvalue weighted by molar-refractivity contribution is 0.0217. The molecule has 0 saturated heterocycles. The minimum Gasteiger partial charge on any atom is -0.337 e. The first-order chi connectivity index (χ1) is 5.95. The van der Waals surface area contributed by atoms with E-state index in [0.29, 0.717) is 13.5 Å². The molecule has 1 heterocycles. The highest BCUT2D eigenvalue weighted by Crippen LogP contribution is 2.17. The highest BCUT2D eigenvalue weighted by Gasteiger charge is 2.34. The van der Waals surface area contributed by atoms with E-state index in [9.17, 15) is 13.6 Å². The monoisotopic (exact) mass is 188 g/mol. The highest BCUT2D eigenvalue weighted by molar-refractivity contribution is 5.99. The number of alkyl halides is 2. The molecule has 0 unspecified atom stereocenters. The molecule has 0 aliphatic rings. The summed E-state index contributed by atoms with van der Waals surface area (Å²) in [5.74, 6) is -4.58. The number of imidazole rings is 1. The molecule has 0 aliphatic carbocycles. The molecule has 0 amide bonds. The van der Waals surface area contributed by atoms with Crippen molar-refractivity contribution >= 4 is 5.78 Å². The van der Waals surface area contributed by atoms with Gasteiger partial charge in [0.15, 0.2) is 0 Å². The second-order valence-corrected chi connectivity index (χ2v) is 2.81. The first kappa shape index (κ1) is 9.83. The zero-order valence-corrected chi connectivity index (χ0v) is 7.42. The molecule has 1 aromatic heterocycles. The van der Waals surface area contributed by atoms with Gasteiger partial charge in [-0.15, -0.1) is 0 Å². The number of aryl methyl sites for hydroxylation is 1. The number of Topliss-reactive ketones (excluding diaryl/α,β-unsaturated/α-hetero) is 1. The van der Waals surface area contributed by atoms with Crippen molar-refractivity contribution in [3.63, 3.8) is 0 Å². The number of halogens is 2. The topological polar surface area (TPSA) is 34.9 Å². The van der Waals surface area contributed by atoms with E-state index in [2.05, 4.69) is 4.98 Å². The smallest absolute Gasteiger partial charge is 0.308 e. The van der Waals surface area contributed by atoms with Gasteiger partial charge in [0.25, 0.3) is 5.78 Å². The molecule has 1 rings (SSSR count). The molecule has 1 aromatic rings. The third kappa shape index (κ3) is 2.11. The number of carbonyl (C=O) groups is 1. The number of nitrogens with zero attached hydrogens (tertiary/aromatic N) is 2. The third-order valence-electron chi connectivity index (χ3n) is 1.63. The first-order valence-electron chi connectivity index (χ1n) is 3.89. The van der Waals surface area contributed by atoms with Crippen LogP contribution in [0.4, 0.5) is 8.78 Å². The van der Waals surface area contributed by atoms with Gasteiger partial charge >= 0.3 is 5.92 Å². The van der Waals surface area contributed by atoms with Gasteiger partial charge in [0, 0.05) is 19.7 Å². The Hall–Kier alpha value is -1.26. The Balaban J connectivity index is 2.90. The summed E-state index contributed by atoms with van der Waals surface area (Å²) in [5, 5.41) is 0. The van der Waals surface area contributed by atoms with Gasteiger partial charge in [-0.25, -0.2) is 4.98 Å². The van der Waals surface area contributed by atoms with Gasteiger partial charge in [0.05, 0.1) is 6.33 Å². The fourth-order valence-electron chi connectivity index (χ4n) is 0.875. The second-order valence-electron chi connectivity index (χ2n) is 2.81. The van der Waals surface area contributed by atoms with Crippen LogP contribution in [0, 0.1) is 0 Å². The summed E-state index contributed by atoms with van der Waals surface area (Å²) in [4.78, 5) is 14.6. The van der Waals surface area contributed by atoms with E-state index >= 15 is 0 Å². The van der Waals surface area contributed by atoms with E-state index in [1.165, 1.54) is 12.5 Å². The van der Waals surface area contributed by atoms with Crippen molar-refractivity contribution in [3.05, 3.63) is 18.2 Å². The maximum Gasteiger partial charge on any atom is 0.308 e. The quantitative estimate of drug-likeness (QED) is 0.677. The zero-order valence-electron chi connectivity index (χ0n) is 7.42. The molecule has 0 aromatic carbocycles. The van der Waals surface area contributed by atoms with Gasteiger partial charge in [-0.3, -0.25) is 4.79 Å². The number of ketones is 1. The molecule has 0 spiro atoms. The van der Waals surface area contributed by atoms with Gasteiger partial charge in [0.1, 0.15) is 5.69 Å². The van der Waals surface area contributed by atoms with Crippen molar-refractivity contribution in [2.24, 2.45) is 0 Å². The van der Waals surface area contributed by atoms with Gasteiger partial charge in [-0.2, -0.15) is 8.78 Å². The summed E-state index contributed by atoms with van der Waals surface area (Å²) < 4.78 is 26.6. The summed E-state index contributed by atoms with van der Waals surface area (Å²) in [6.07, 6.45) is 2.68. The third-order valence-corrected chi connectivity index (χ3v) is 1.63. The summed E-state index contributed by atoms with van der Waals surface area (Å²) >= 11 is 0. The Kier molecular flexibility index (Phi) is 2.45. The van der Waals surface area contributed by atoms with Crippen LogP contribution in [0.2, 0.25) is 0 Å². The van der Waals surface area contributed by atoms with E-state index < -0.39 is 11.7 Å². The molecule has 0 N–H and O–H groups in total. The van der Waals surface area contributed by atoms with E-state index in [1.54, 1.807) is 4.57 Å². The molecular weight excluding hydrogens is 178 g/mol. The number of aromatic nitrogens is 2. The SMILES string of the molecule is CCn1cnc(C(=O)C(C)(F)F)c1. The largest absolute Gasteiger partial charge is 0.337 e. The van der Waals surface area contributed by atoms with Crippen LogP contribution < -0.4 is 0 Å². The summed E-state index contributed by atoms with van der Waals surface area (Å²) in [5.41, 5.74) is -0.186. The Morgan fingerprint density at radius 1 is 1.69 bits per heavy atom. The van der Waals surface area contributed by atoms with E-state index in [1.807, 2.05) is 6.92 Å². The molecule has 0 bridgehead atoms. The summed E-state index contributed by atoms with van der Waals surface area (Å²) in [7, 11) is 0. The number of hydrogen-bond donors (Lipinski definition) is 0. The summed E-state index contributed by atoms with van der Waals surface area (Å²) in [6, 6.07) is 0. The van der Waals surface area contributed by atoms with Crippen molar-refractivity contribution in [1.82, 2.24) is 9.55 Å². The van der Waals surface area contributed by atoms with Crippen LogP contribution in [0.1, 0.15) is 24.3 Å². The van der Waals surface area contributed by atoms with Crippen LogP contribution in [0.15, 0.2) is 12.5 Å². The van der Waals surface area contributed by atoms with Crippen LogP contribution >= 0.6 is 0 Å². The van der Waals surface area contributed by atoms with Crippen LogP contribution in [0.5, 0.6) is 0 Å². The van der Waals surface area contributed by atoms with Crippen molar-refractivity contribution < 1.29 is 13.6 Å². The normalized spacial score (nSPS) is 11.7. The lowest BCUT2D eigenvalue weighted by Gasteiger charge is -2.04. The van der Waals surface area contributed by atoms with Gasteiger partial charge < -0.3 is 4.57 Å². The maximum atomic E-state index is 12.5. The standard InChI is InChI=1S/C8H10F2N2O/c1-3-12-4-6(11-5-12)7(13)8(2,9)10/h4-5H,3H2,1-2H3. The van der Waals surface area contributed by atoms with E-state index in [-0.39, 0.29) is 5.69 Å². The van der Waals surface area contributed by atoms with Crippen molar-refractivity contribution in [3.8, 4) is 0 Å². The van der Waals surface area contributed by atoms with E-state index in [4.69, 9.17) is 0 Å². The molecule has 5 heteroatoms. The Bertz CT molecular complexity index is 314. The number of rotatable bonds is 3. The lowest BCUT2D eigenvalue weighted by Crippen LogP contribution is -2.24. The van der Waals surface area contributed by atoms with Crippen molar-refractivity contribution in [2.75, 3.05) is 0 Å². The van der Waals surface area contributed by atoms with Gasteiger partial charge in [-0.05, 0) is 6.92 Å². The summed E-state index contributed by atoms with van der Waals surface area (Å²) in [6.45, 7) is 3.01. The molecule has 0 fully saturated rings. The van der Waals surface area contributed by atoms with Crippen LogP contribution in [-0.4, -0.2) is 21.3 Å².